The first kappa shape index (κ1) is 17.3. The summed E-state index contributed by atoms with van der Waals surface area (Å²) in [5.74, 6) is 0.694. The van der Waals surface area contributed by atoms with E-state index in [-0.39, 0.29) is 6.09 Å². The van der Waals surface area contributed by atoms with Gasteiger partial charge in [0.15, 0.2) is 0 Å². The predicted molar refractivity (Wildman–Crippen MR) is 97.0 cm³/mol. The maximum absolute atomic E-state index is 12.8. The zero-order chi connectivity index (χ0) is 17.2. The van der Waals surface area contributed by atoms with Crippen LogP contribution in [0.1, 0.15) is 64.9 Å². The van der Waals surface area contributed by atoms with Crippen LogP contribution in [-0.2, 0) is 11.2 Å². The van der Waals surface area contributed by atoms with Gasteiger partial charge in [0.2, 0.25) is 0 Å². The van der Waals surface area contributed by atoms with Gasteiger partial charge in [0.05, 0.1) is 0 Å². The summed E-state index contributed by atoms with van der Waals surface area (Å²) in [6.45, 7) is 5.87. The molecule has 1 heterocycles. The Morgan fingerprint density at radius 2 is 1.96 bits per heavy atom. The van der Waals surface area contributed by atoms with Crippen LogP contribution in [0.4, 0.5) is 4.79 Å². The van der Waals surface area contributed by atoms with Crippen molar-refractivity contribution in [3.63, 3.8) is 0 Å². The van der Waals surface area contributed by atoms with Gasteiger partial charge in [-0.05, 0) is 70.8 Å². The van der Waals surface area contributed by atoms with Crippen LogP contribution in [0.3, 0.4) is 0 Å². The number of likely N-dealkylation sites (tertiary alicyclic amines) is 1. The quantitative estimate of drug-likeness (QED) is 0.761. The third-order valence-corrected chi connectivity index (χ3v) is 5.39. The van der Waals surface area contributed by atoms with Crippen molar-refractivity contribution in [2.24, 2.45) is 5.92 Å². The van der Waals surface area contributed by atoms with Crippen LogP contribution >= 0.6 is 0 Å². The molecule has 3 nitrogen and oxygen atoms in total. The second kappa shape index (κ2) is 7.16. The number of rotatable bonds is 4. The van der Waals surface area contributed by atoms with Crippen LogP contribution in [0.5, 0.6) is 0 Å². The van der Waals surface area contributed by atoms with Gasteiger partial charge in [-0.25, -0.2) is 4.79 Å². The maximum atomic E-state index is 12.8. The molecule has 0 N–H and O–H groups in total. The van der Waals surface area contributed by atoms with Gasteiger partial charge in [-0.3, -0.25) is 0 Å². The predicted octanol–water partition coefficient (Wildman–Crippen LogP) is 5.19. The molecule has 3 atom stereocenters. The first-order valence-electron chi connectivity index (χ1n) is 9.49. The zero-order valence-corrected chi connectivity index (χ0v) is 15.3. The first-order chi connectivity index (χ1) is 11.4. The van der Waals surface area contributed by atoms with Gasteiger partial charge in [0, 0.05) is 12.1 Å². The lowest BCUT2D eigenvalue weighted by Crippen LogP contribution is -2.44. The highest BCUT2D eigenvalue weighted by molar-refractivity contribution is 5.69. The van der Waals surface area contributed by atoms with E-state index in [0.29, 0.717) is 18.0 Å². The Kier molecular flexibility index (Phi) is 5.17. The van der Waals surface area contributed by atoms with E-state index in [1.807, 2.05) is 20.8 Å². The summed E-state index contributed by atoms with van der Waals surface area (Å²) >= 11 is 0. The van der Waals surface area contributed by atoms with Gasteiger partial charge in [0.25, 0.3) is 0 Å². The number of hydrogen-bond acceptors (Lipinski definition) is 2. The summed E-state index contributed by atoms with van der Waals surface area (Å²) in [5.41, 5.74) is 0.974. The Bertz CT molecular complexity index is 549. The molecule has 0 spiro atoms. The molecule has 3 heteroatoms. The molecule has 0 radical (unpaired) electrons. The molecule has 0 unspecified atom stereocenters. The molecule has 1 aliphatic carbocycles. The number of carbonyl (C=O) groups excluding carboxylic acids is 1. The SMILES string of the molecule is CC(C)(C)OC(=O)N1[C@H](CCCc2ccccc2)C[C@@H]2CCC[C@@H]21. The molecule has 0 aromatic heterocycles. The molecule has 3 rings (SSSR count). The maximum Gasteiger partial charge on any atom is 0.410 e. The summed E-state index contributed by atoms with van der Waals surface area (Å²) < 4.78 is 5.71. The summed E-state index contributed by atoms with van der Waals surface area (Å²) in [6, 6.07) is 11.4. The number of aryl methyl sites for hydroxylation is 1. The number of fused-ring (bicyclic) bond motifs is 1. The number of amides is 1. The Morgan fingerprint density at radius 1 is 1.21 bits per heavy atom. The molecule has 0 bridgehead atoms. The molecule has 1 aromatic rings. The Labute approximate surface area is 146 Å². The lowest BCUT2D eigenvalue weighted by atomic mass is 9.98. The molecular formula is C21H31NO2. The summed E-state index contributed by atoms with van der Waals surface area (Å²) in [5, 5.41) is 0. The van der Waals surface area contributed by atoms with Crippen LogP contribution < -0.4 is 0 Å². The van der Waals surface area contributed by atoms with Crippen LogP contribution in [0.15, 0.2) is 30.3 Å². The van der Waals surface area contributed by atoms with Crippen molar-refractivity contribution in [2.45, 2.75) is 83.4 Å². The molecular weight excluding hydrogens is 298 g/mol. The highest BCUT2D eigenvalue weighted by Gasteiger charge is 2.46. The highest BCUT2D eigenvalue weighted by Crippen LogP contribution is 2.43. The molecule has 132 valence electrons. The summed E-state index contributed by atoms with van der Waals surface area (Å²) in [7, 11) is 0. The fraction of sp³-hybridized carbons (Fsp3) is 0.667. The van der Waals surface area contributed by atoms with Crippen molar-refractivity contribution >= 4 is 6.09 Å². The van der Waals surface area contributed by atoms with E-state index in [0.717, 1.165) is 25.7 Å². The second-order valence-electron chi connectivity index (χ2n) is 8.41. The lowest BCUT2D eigenvalue weighted by molar-refractivity contribution is 0.0131. The highest BCUT2D eigenvalue weighted by atomic mass is 16.6. The van der Waals surface area contributed by atoms with Gasteiger partial charge in [-0.1, -0.05) is 36.8 Å². The topological polar surface area (TPSA) is 29.5 Å². The van der Waals surface area contributed by atoms with Gasteiger partial charge in [-0.15, -0.1) is 0 Å². The number of nitrogens with zero attached hydrogens (tertiary/aromatic N) is 1. The molecule has 24 heavy (non-hydrogen) atoms. The normalized spacial score (nSPS) is 26.5. The molecule has 2 aliphatic rings. The van der Waals surface area contributed by atoms with Crippen molar-refractivity contribution in [2.75, 3.05) is 0 Å². The van der Waals surface area contributed by atoms with Crippen LogP contribution in [0.25, 0.3) is 0 Å². The van der Waals surface area contributed by atoms with Crippen LogP contribution in [-0.4, -0.2) is 28.7 Å². The van der Waals surface area contributed by atoms with Gasteiger partial charge >= 0.3 is 6.09 Å². The number of carbonyl (C=O) groups is 1. The Balaban J connectivity index is 1.61. The van der Waals surface area contributed by atoms with Crippen molar-refractivity contribution in [1.82, 2.24) is 4.90 Å². The van der Waals surface area contributed by atoms with Crippen molar-refractivity contribution in [1.29, 1.82) is 0 Å². The lowest BCUT2D eigenvalue weighted by Gasteiger charge is -2.32. The minimum Gasteiger partial charge on any atom is -0.444 e. The van der Waals surface area contributed by atoms with Gasteiger partial charge in [0.1, 0.15) is 5.60 Å². The van der Waals surface area contributed by atoms with Gasteiger partial charge < -0.3 is 9.64 Å². The average Bonchev–Trinajstić information content (AvgIpc) is 3.06. The fourth-order valence-corrected chi connectivity index (χ4v) is 4.43. The molecule has 1 saturated heterocycles. The van der Waals surface area contributed by atoms with Crippen molar-refractivity contribution in [3.05, 3.63) is 35.9 Å². The molecule has 1 aromatic carbocycles. The fourth-order valence-electron chi connectivity index (χ4n) is 4.43. The number of benzene rings is 1. The van der Waals surface area contributed by atoms with Crippen molar-refractivity contribution in [3.8, 4) is 0 Å². The van der Waals surface area contributed by atoms with Gasteiger partial charge in [-0.2, -0.15) is 0 Å². The minimum atomic E-state index is -0.414. The first-order valence-corrected chi connectivity index (χ1v) is 9.49. The van der Waals surface area contributed by atoms with E-state index >= 15 is 0 Å². The largest absolute Gasteiger partial charge is 0.444 e. The zero-order valence-electron chi connectivity index (χ0n) is 15.3. The van der Waals surface area contributed by atoms with E-state index in [1.54, 1.807) is 0 Å². The Morgan fingerprint density at radius 3 is 2.67 bits per heavy atom. The molecule has 2 fully saturated rings. The van der Waals surface area contributed by atoms with E-state index in [2.05, 4.69) is 35.2 Å². The van der Waals surface area contributed by atoms with E-state index in [9.17, 15) is 4.79 Å². The number of hydrogen-bond donors (Lipinski definition) is 0. The third-order valence-electron chi connectivity index (χ3n) is 5.39. The smallest absolute Gasteiger partial charge is 0.410 e. The second-order valence-corrected chi connectivity index (χ2v) is 8.41. The molecule has 1 aliphatic heterocycles. The summed E-state index contributed by atoms with van der Waals surface area (Å²) in [6.07, 6.45) is 8.06. The van der Waals surface area contributed by atoms with Crippen LogP contribution in [0.2, 0.25) is 0 Å². The third kappa shape index (κ3) is 4.12. The number of ether oxygens (including phenoxy) is 1. The standard InChI is InChI=1S/C21H31NO2/c1-21(2,3)24-20(23)22-18(15-17-12-8-14-19(17)22)13-7-11-16-9-5-4-6-10-16/h4-6,9-10,17-19H,7-8,11-15H2,1-3H3/t17-,18+,19-/m0/s1. The van der Waals surface area contributed by atoms with Crippen LogP contribution in [0, 0.1) is 5.92 Å². The molecule has 1 saturated carbocycles. The van der Waals surface area contributed by atoms with E-state index in [1.165, 1.54) is 24.8 Å². The minimum absolute atomic E-state index is 0.0957. The van der Waals surface area contributed by atoms with E-state index < -0.39 is 5.60 Å². The Hall–Kier alpha value is -1.51. The van der Waals surface area contributed by atoms with E-state index in [4.69, 9.17) is 4.74 Å². The summed E-state index contributed by atoms with van der Waals surface area (Å²) in [4.78, 5) is 14.9. The van der Waals surface area contributed by atoms with Crippen molar-refractivity contribution < 1.29 is 9.53 Å². The average molecular weight is 329 g/mol. The molecule has 1 amide bonds. The monoisotopic (exact) mass is 329 g/mol.